The molecule has 0 saturated carbocycles. The molecule has 0 bridgehead atoms. The van der Waals surface area contributed by atoms with Gasteiger partial charge in [-0.25, -0.2) is 0 Å². The predicted octanol–water partition coefficient (Wildman–Crippen LogP) is 4.58. The predicted molar refractivity (Wildman–Crippen MR) is 78.2 cm³/mol. The van der Waals surface area contributed by atoms with Crippen molar-refractivity contribution in [3.8, 4) is 0 Å². The van der Waals surface area contributed by atoms with E-state index in [1.54, 1.807) is 0 Å². The molecule has 0 rings (SSSR count). The zero-order valence-electron chi connectivity index (χ0n) is 11.7. The van der Waals surface area contributed by atoms with Gasteiger partial charge in [0.25, 0.3) is 0 Å². The highest BCUT2D eigenvalue weighted by Crippen LogP contribution is 2.16. The van der Waals surface area contributed by atoms with E-state index in [-0.39, 0.29) is 0 Å². The van der Waals surface area contributed by atoms with Crippen LogP contribution in [0.15, 0.2) is 0 Å². The SMILES string of the molecule is CCCCCN(CC(CC)CC)C(S)CC. The van der Waals surface area contributed by atoms with Gasteiger partial charge in [0.2, 0.25) is 0 Å². The smallest absolute Gasteiger partial charge is 0.0525 e. The normalized spacial score (nSPS) is 13.7. The lowest BCUT2D eigenvalue weighted by Gasteiger charge is -2.31. The summed E-state index contributed by atoms with van der Waals surface area (Å²) in [5.74, 6) is 0.850. The summed E-state index contributed by atoms with van der Waals surface area (Å²) in [5, 5.41) is 0.456. The maximum absolute atomic E-state index is 4.71. The molecule has 0 aromatic carbocycles. The van der Waals surface area contributed by atoms with Gasteiger partial charge in [-0.3, -0.25) is 4.90 Å². The maximum atomic E-state index is 4.71. The number of rotatable bonds is 10. The van der Waals surface area contributed by atoms with Crippen LogP contribution in [0.2, 0.25) is 0 Å². The van der Waals surface area contributed by atoms with Crippen molar-refractivity contribution >= 4 is 12.6 Å². The molecule has 0 aliphatic rings. The van der Waals surface area contributed by atoms with Gasteiger partial charge >= 0.3 is 0 Å². The average molecular weight is 245 g/mol. The molecule has 1 atom stereocenters. The fraction of sp³-hybridized carbons (Fsp3) is 1.00. The largest absolute Gasteiger partial charge is 0.291 e. The Labute approximate surface area is 108 Å². The summed E-state index contributed by atoms with van der Waals surface area (Å²) in [5.41, 5.74) is 0. The van der Waals surface area contributed by atoms with Gasteiger partial charge in [0.15, 0.2) is 0 Å². The van der Waals surface area contributed by atoms with E-state index in [4.69, 9.17) is 12.6 Å². The molecule has 0 spiro atoms. The number of nitrogens with zero attached hydrogens (tertiary/aromatic N) is 1. The van der Waals surface area contributed by atoms with E-state index in [0.29, 0.717) is 5.37 Å². The second kappa shape index (κ2) is 10.5. The van der Waals surface area contributed by atoms with Gasteiger partial charge in [0.1, 0.15) is 0 Å². The van der Waals surface area contributed by atoms with Gasteiger partial charge in [-0.05, 0) is 25.3 Å². The van der Waals surface area contributed by atoms with Crippen molar-refractivity contribution < 1.29 is 0 Å². The van der Waals surface area contributed by atoms with Crippen LogP contribution in [-0.2, 0) is 0 Å². The Kier molecular flexibility index (Phi) is 10.7. The minimum absolute atomic E-state index is 0.456. The summed E-state index contributed by atoms with van der Waals surface area (Å²) in [7, 11) is 0. The van der Waals surface area contributed by atoms with Gasteiger partial charge < -0.3 is 0 Å². The third kappa shape index (κ3) is 6.80. The molecule has 0 aromatic rings. The number of hydrogen-bond donors (Lipinski definition) is 1. The Bertz CT molecular complexity index is 146. The first-order chi connectivity index (χ1) is 7.69. The Balaban J connectivity index is 4.08. The van der Waals surface area contributed by atoms with Crippen LogP contribution >= 0.6 is 12.6 Å². The van der Waals surface area contributed by atoms with Crippen molar-refractivity contribution in [3.05, 3.63) is 0 Å². The minimum Gasteiger partial charge on any atom is -0.291 e. The number of unbranched alkanes of at least 4 members (excludes halogenated alkanes) is 2. The molecule has 0 fully saturated rings. The standard InChI is InChI=1S/C14H31NS/c1-5-9-10-11-15(14(16)8-4)12-13(6-2)7-3/h13-14,16H,5-12H2,1-4H3. The zero-order chi connectivity index (χ0) is 12.4. The second-order valence-electron chi connectivity index (χ2n) is 4.77. The Morgan fingerprint density at radius 3 is 2.00 bits per heavy atom. The van der Waals surface area contributed by atoms with Gasteiger partial charge in [-0.15, -0.1) is 0 Å². The molecule has 1 unspecified atom stereocenters. The van der Waals surface area contributed by atoms with Crippen LogP contribution in [0.4, 0.5) is 0 Å². The van der Waals surface area contributed by atoms with Crippen LogP contribution < -0.4 is 0 Å². The molecule has 0 amide bonds. The molecule has 0 aliphatic heterocycles. The van der Waals surface area contributed by atoms with Crippen LogP contribution in [0, 0.1) is 5.92 Å². The van der Waals surface area contributed by atoms with E-state index >= 15 is 0 Å². The second-order valence-corrected chi connectivity index (χ2v) is 5.37. The topological polar surface area (TPSA) is 3.24 Å². The maximum Gasteiger partial charge on any atom is 0.0525 e. The molecule has 0 aromatic heterocycles. The van der Waals surface area contributed by atoms with Crippen molar-refractivity contribution in [1.29, 1.82) is 0 Å². The molecule has 0 heterocycles. The van der Waals surface area contributed by atoms with Crippen LogP contribution in [0.3, 0.4) is 0 Å². The van der Waals surface area contributed by atoms with E-state index in [1.807, 2.05) is 0 Å². The number of thiol groups is 1. The lowest BCUT2D eigenvalue weighted by molar-refractivity contribution is 0.203. The van der Waals surface area contributed by atoms with Gasteiger partial charge in [0.05, 0.1) is 5.37 Å². The summed E-state index contributed by atoms with van der Waals surface area (Å²) >= 11 is 4.71. The van der Waals surface area contributed by atoms with Crippen molar-refractivity contribution in [3.63, 3.8) is 0 Å². The average Bonchev–Trinajstić information content (AvgIpc) is 2.32. The van der Waals surface area contributed by atoms with Gasteiger partial charge in [-0.1, -0.05) is 53.4 Å². The van der Waals surface area contributed by atoms with Crippen molar-refractivity contribution in [2.45, 2.75) is 71.6 Å². The molecule has 1 nitrogen and oxygen atoms in total. The van der Waals surface area contributed by atoms with E-state index in [9.17, 15) is 0 Å². The highest BCUT2D eigenvalue weighted by molar-refractivity contribution is 7.80. The van der Waals surface area contributed by atoms with Gasteiger partial charge in [0, 0.05) is 6.54 Å². The van der Waals surface area contributed by atoms with E-state index in [1.165, 1.54) is 45.2 Å². The highest BCUT2D eigenvalue weighted by Gasteiger charge is 2.16. The summed E-state index contributed by atoms with van der Waals surface area (Å²) in [4.78, 5) is 2.58. The highest BCUT2D eigenvalue weighted by atomic mass is 32.1. The fourth-order valence-corrected chi connectivity index (χ4v) is 2.27. The lowest BCUT2D eigenvalue weighted by Crippen LogP contribution is -2.36. The molecular weight excluding hydrogens is 214 g/mol. The first-order valence-corrected chi connectivity index (χ1v) is 7.63. The molecule has 2 heteroatoms. The summed E-state index contributed by atoms with van der Waals surface area (Å²) < 4.78 is 0. The molecule has 0 aliphatic carbocycles. The monoisotopic (exact) mass is 245 g/mol. The van der Waals surface area contributed by atoms with Crippen molar-refractivity contribution in [2.24, 2.45) is 5.92 Å². The minimum atomic E-state index is 0.456. The van der Waals surface area contributed by atoms with Crippen LogP contribution in [0.25, 0.3) is 0 Å². The molecule has 0 radical (unpaired) electrons. The van der Waals surface area contributed by atoms with E-state index in [0.717, 1.165) is 12.3 Å². The van der Waals surface area contributed by atoms with Crippen LogP contribution in [0.5, 0.6) is 0 Å². The molecule has 16 heavy (non-hydrogen) atoms. The molecule has 98 valence electrons. The zero-order valence-corrected chi connectivity index (χ0v) is 12.6. The first kappa shape index (κ1) is 16.3. The van der Waals surface area contributed by atoms with Crippen molar-refractivity contribution in [2.75, 3.05) is 13.1 Å². The quantitative estimate of drug-likeness (QED) is 0.335. The molecular formula is C14H31NS. The Hall–Kier alpha value is 0.310. The van der Waals surface area contributed by atoms with Gasteiger partial charge in [-0.2, -0.15) is 12.6 Å². The summed E-state index contributed by atoms with van der Waals surface area (Å²) in [6, 6.07) is 0. The first-order valence-electron chi connectivity index (χ1n) is 7.11. The Morgan fingerprint density at radius 2 is 1.56 bits per heavy atom. The fourth-order valence-electron chi connectivity index (χ4n) is 2.06. The Morgan fingerprint density at radius 1 is 0.938 bits per heavy atom. The molecule has 0 saturated heterocycles. The third-order valence-electron chi connectivity index (χ3n) is 3.48. The molecule has 0 N–H and O–H groups in total. The van der Waals surface area contributed by atoms with Crippen molar-refractivity contribution in [1.82, 2.24) is 4.90 Å². The van der Waals surface area contributed by atoms with Crippen LogP contribution in [0.1, 0.15) is 66.2 Å². The van der Waals surface area contributed by atoms with E-state index < -0.39 is 0 Å². The number of hydrogen-bond acceptors (Lipinski definition) is 2. The van der Waals surface area contributed by atoms with E-state index in [2.05, 4.69) is 32.6 Å². The third-order valence-corrected chi connectivity index (χ3v) is 4.17. The summed E-state index contributed by atoms with van der Waals surface area (Å²) in [6.07, 6.45) is 7.73. The summed E-state index contributed by atoms with van der Waals surface area (Å²) in [6.45, 7) is 11.6. The van der Waals surface area contributed by atoms with Crippen LogP contribution in [-0.4, -0.2) is 23.4 Å². The lowest BCUT2D eigenvalue weighted by atomic mass is 10.0.